The molecule has 0 spiro atoms. The second kappa shape index (κ2) is 4.85. The van der Waals surface area contributed by atoms with Gasteiger partial charge in [0.05, 0.1) is 11.4 Å². The lowest BCUT2D eigenvalue weighted by Crippen LogP contribution is -2.15. The molecule has 19 heavy (non-hydrogen) atoms. The third-order valence-electron chi connectivity index (χ3n) is 2.77. The van der Waals surface area contributed by atoms with Crippen molar-refractivity contribution in [2.45, 2.75) is 0 Å². The number of anilines is 2. The van der Waals surface area contributed by atoms with Crippen molar-refractivity contribution >= 4 is 38.9 Å². The molecule has 0 radical (unpaired) electrons. The number of hydrogen-bond acceptors (Lipinski definition) is 3. The molecule has 2 N–H and O–H groups in total. The molecular formula is C14H10BrN3O. The molecular weight excluding hydrogens is 306 g/mol. The Kier molecular flexibility index (Phi) is 3.05. The van der Waals surface area contributed by atoms with Crippen molar-refractivity contribution in [1.82, 2.24) is 0 Å². The molecule has 5 heteroatoms. The van der Waals surface area contributed by atoms with E-state index >= 15 is 0 Å². The highest BCUT2D eigenvalue weighted by Crippen LogP contribution is 2.27. The van der Waals surface area contributed by atoms with Gasteiger partial charge in [0, 0.05) is 10.0 Å². The SMILES string of the molecule is O=C1Nc2cc(Br)ccc2/C1=N/Nc1ccccc1. The highest BCUT2D eigenvalue weighted by Gasteiger charge is 2.26. The number of para-hydroxylation sites is 1. The van der Waals surface area contributed by atoms with Crippen LogP contribution in [0.5, 0.6) is 0 Å². The Morgan fingerprint density at radius 2 is 1.89 bits per heavy atom. The fraction of sp³-hybridized carbons (Fsp3) is 0. The maximum atomic E-state index is 11.9. The van der Waals surface area contributed by atoms with Gasteiger partial charge in [-0.05, 0) is 30.3 Å². The van der Waals surface area contributed by atoms with E-state index < -0.39 is 0 Å². The lowest BCUT2D eigenvalue weighted by atomic mass is 10.1. The van der Waals surface area contributed by atoms with E-state index in [0.717, 1.165) is 21.4 Å². The summed E-state index contributed by atoms with van der Waals surface area (Å²) in [4.78, 5) is 11.9. The monoisotopic (exact) mass is 315 g/mol. The normalized spacial score (nSPS) is 15.2. The molecule has 0 unspecified atom stereocenters. The van der Waals surface area contributed by atoms with Crippen molar-refractivity contribution in [3.05, 3.63) is 58.6 Å². The third kappa shape index (κ3) is 2.37. The first-order valence-corrected chi connectivity index (χ1v) is 6.53. The van der Waals surface area contributed by atoms with Gasteiger partial charge < -0.3 is 5.32 Å². The summed E-state index contributed by atoms with van der Waals surface area (Å²) in [5, 5.41) is 6.97. The van der Waals surface area contributed by atoms with Gasteiger partial charge in [-0.1, -0.05) is 34.1 Å². The number of halogens is 1. The largest absolute Gasteiger partial charge is 0.320 e. The average Bonchev–Trinajstić information content (AvgIpc) is 2.72. The Labute approximate surface area is 118 Å². The number of benzene rings is 2. The number of nitrogens with zero attached hydrogens (tertiary/aromatic N) is 1. The molecule has 94 valence electrons. The van der Waals surface area contributed by atoms with Gasteiger partial charge >= 0.3 is 0 Å². The van der Waals surface area contributed by atoms with Gasteiger partial charge in [-0.25, -0.2) is 0 Å². The van der Waals surface area contributed by atoms with E-state index in [9.17, 15) is 4.79 Å². The Balaban J connectivity index is 1.92. The predicted molar refractivity (Wildman–Crippen MR) is 79.4 cm³/mol. The van der Waals surface area contributed by atoms with E-state index in [-0.39, 0.29) is 5.91 Å². The summed E-state index contributed by atoms with van der Waals surface area (Å²) < 4.78 is 0.920. The molecule has 1 amide bonds. The summed E-state index contributed by atoms with van der Waals surface area (Å²) in [6.45, 7) is 0. The number of rotatable bonds is 2. The summed E-state index contributed by atoms with van der Waals surface area (Å²) in [5.74, 6) is -0.198. The molecule has 2 aromatic carbocycles. The standard InChI is InChI=1S/C14H10BrN3O/c15-9-6-7-11-12(8-9)16-14(19)13(11)18-17-10-4-2-1-3-5-10/h1-8,17H,(H,16,18,19). The van der Waals surface area contributed by atoms with Crippen molar-refractivity contribution in [1.29, 1.82) is 0 Å². The molecule has 2 aromatic rings. The lowest BCUT2D eigenvalue weighted by molar-refractivity contribution is -0.110. The minimum Gasteiger partial charge on any atom is -0.320 e. The summed E-state index contributed by atoms with van der Waals surface area (Å²) in [6.07, 6.45) is 0. The zero-order chi connectivity index (χ0) is 13.2. The van der Waals surface area contributed by atoms with Crippen molar-refractivity contribution < 1.29 is 4.79 Å². The van der Waals surface area contributed by atoms with Crippen molar-refractivity contribution in [3.63, 3.8) is 0 Å². The van der Waals surface area contributed by atoms with Crippen LogP contribution in [0.15, 0.2) is 58.1 Å². The summed E-state index contributed by atoms with van der Waals surface area (Å²) in [5.41, 5.74) is 5.70. The van der Waals surface area contributed by atoms with E-state index in [1.807, 2.05) is 48.5 Å². The van der Waals surface area contributed by atoms with Gasteiger partial charge in [0.1, 0.15) is 0 Å². The quantitative estimate of drug-likeness (QED) is 0.836. The van der Waals surface area contributed by atoms with E-state index in [1.54, 1.807) is 0 Å². The molecule has 0 bridgehead atoms. The van der Waals surface area contributed by atoms with Gasteiger partial charge in [-0.15, -0.1) is 0 Å². The van der Waals surface area contributed by atoms with Crippen LogP contribution in [0.1, 0.15) is 5.56 Å². The lowest BCUT2D eigenvalue weighted by Gasteiger charge is -2.01. The zero-order valence-electron chi connectivity index (χ0n) is 9.85. The summed E-state index contributed by atoms with van der Waals surface area (Å²) >= 11 is 3.37. The van der Waals surface area contributed by atoms with Gasteiger partial charge in [0.2, 0.25) is 0 Å². The van der Waals surface area contributed by atoms with E-state index in [2.05, 4.69) is 31.8 Å². The summed E-state index contributed by atoms with van der Waals surface area (Å²) in [6, 6.07) is 15.1. The van der Waals surface area contributed by atoms with Crippen LogP contribution in [-0.4, -0.2) is 11.6 Å². The van der Waals surface area contributed by atoms with Crippen LogP contribution < -0.4 is 10.7 Å². The first-order chi connectivity index (χ1) is 9.24. The summed E-state index contributed by atoms with van der Waals surface area (Å²) in [7, 11) is 0. The smallest absolute Gasteiger partial charge is 0.276 e. The third-order valence-corrected chi connectivity index (χ3v) is 3.26. The molecule has 0 atom stereocenters. The molecule has 1 aliphatic rings. The minimum absolute atomic E-state index is 0.198. The van der Waals surface area contributed by atoms with Crippen LogP contribution in [0, 0.1) is 0 Å². The van der Waals surface area contributed by atoms with Crippen LogP contribution in [0.4, 0.5) is 11.4 Å². The molecule has 0 saturated carbocycles. The van der Waals surface area contributed by atoms with Gasteiger partial charge in [0.15, 0.2) is 5.71 Å². The average molecular weight is 316 g/mol. The number of carbonyl (C=O) groups excluding carboxylic acids is 1. The highest BCUT2D eigenvalue weighted by molar-refractivity contribution is 9.10. The number of hydrogen-bond donors (Lipinski definition) is 2. The fourth-order valence-electron chi connectivity index (χ4n) is 1.87. The molecule has 0 fully saturated rings. The van der Waals surface area contributed by atoms with Crippen LogP contribution in [0.25, 0.3) is 0 Å². The second-order valence-corrected chi connectivity index (χ2v) is 5.00. The van der Waals surface area contributed by atoms with Crippen LogP contribution >= 0.6 is 15.9 Å². The first kappa shape index (κ1) is 11.9. The van der Waals surface area contributed by atoms with Gasteiger partial charge in [0.25, 0.3) is 5.91 Å². The van der Waals surface area contributed by atoms with Crippen molar-refractivity contribution in [3.8, 4) is 0 Å². The van der Waals surface area contributed by atoms with Gasteiger partial charge in [-0.2, -0.15) is 5.10 Å². The maximum Gasteiger partial charge on any atom is 0.276 e. The second-order valence-electron chi connectivity index (χ2n) is 4.08. The number of carbonyl (C=O) groups is 1. The number of hydrazone groups is 1. The Morgan fingerprint density at radius 3 is 2.68 bits per heavy atom. The Morgan fingerprint density at radius 1 is 1.11 bits per heavy atom. The van der Waals surface area contributed by atoms with Crippen LogP contribution in [0.2, 0.25) is 0 Å². The number of nitrogens with one attached hydrogen (secondary N) is 2. The fourth-order valence-corrected chi connectivity index (χ4v) is 2.24. The topological polar surface area (TPSA) is 53.5 Å². The minimum atomic E-state index is -0.198. The Hall–Kier alpha value is -2.14. The highest BCUT2D eigenvalue weighted by atomic mass is 79.9. The molecule has 0 aliphatic carbocycles. The van der Waals surface area contributed by atoms with Crippen LogP contribution in [-0.2, 0) is 4.79 Å². The molecule has 0 saturated heterocycles. The number of fused-ring (bicyclic) bond motifs is 1. The zero-order valence-corrected chi connectivity index (χ0v) is 11.4. The predicted octanol–water partition coefficient (Wildman–Crippen LogP) is 3.22. The van der Waals surface area contributed by atoms with E-state index in [1.165, 1.54) is 0 Å². The van der Waals surface area contributed by atoms with Crippen LogP contribution in [0.3, 0.4) is 0 Å². The molecule has 1 aliphatic heterocycles. The van der Waals surface area contributed by atoms with Gasteiger partial charge in [-0.3, -0.25) is 10.2 Å². The first-order valence-electron chi connectivity index (χ1n) is 5.74. The maximum absolute atomic E-state index is 11.9. The van der Waals surface area contributed by atoms with Crippen molar-refractivity contribution in [2.24, 2.45) is 5.10 Å². The molecule has 4 nitrogen and oxygen atoms in total. The van der Waals surface area contributed by atoms with E-state index in [4.69, 9.17) is 0 Å². The Bertz CT molecular complexity index is 668. The molecule has 0 aromatic heterocycles. The van der Waals surface area contributed by atoms with Crippen molar-refractivity contribution in [2.75, 3.05) is 10.7 Å². The number of amides is 1. The van der Waals surface area contributed by atoms with E-state index in [0.29, 0.717) is 5.71 Å². The molecule has 3 rings (SSSR count). The molecule has 1 heterocycles.